The van der Waals surface area contributed by atoms with Gasteiger partial charge in [-0.25, -0.2) is 4.39 Å². The number of pyridine rings is 1. The van der Waals surface area contributed by atoms with Gasteiger partial charge in [0, 0.05) is 18.0 Å². The number of para-hydroxylation sites is 1. The van der Waals surface area contributed by atoms with E-state index in [1.807, 2.05) is 6.07 Å². The van der Waals surface area contributed by atoms with Crippen LogP contribution in [0.3, 0.4) is 0 Å². The van der Waals surface area contributed by atoms with Gasteiger partial charge in [-0.2, -0.15) is 0 Å². The normalized spacial score (nSPS) is 9.94. The molecule has 1 aromatic heterocycles. The Morgan fingerprint density at radius 1 is 1.29 bits per heavy atom. The Balaban J connectivity index is 2.16. The fraction of sp³-hybridized carbons (Fsp3) is 0.0769. The maximum atomic E-state index is 13.4. The molecule has 4 heteroatoms. The summed E-state index contributed by atoms with van der Waals surface area (Å²) in [5.74, 6) is -0.565. The van der Waals surface area contributed by atoms with Crippen molar-refractivity contribution < 1.29 is 13.9 Å². The Kier molecular flexibility index (Phi) is 3.45. The van der Waals surface area contributed by atoms with Crippen LogP contribution in [-0.2, 0) is 6.61 Å². The Bertz CT molecular complexity index is 514. The SMILES string of the molecule is O=Cc1cccc(F)c1OCc1cccnc1. The maximum Gasteiger partial charge on any atom is 0.165 e. The predicted molar refractivity (Wildman–Crippen MR) is 60.4 cm³/mol. The van der Waals surface area contributed by atoms with Gasteiger partial charge < -0.3 is 4.74 Å². The van der Waals surface area contributed by atoms with Crippen LogP contribution in [-0.4, -0.2) is 11.3 Å². The third-order valence-corrected chi connectivity index (χ3v) is 2.23. The lowest BCUT2D eigenvalue weighted by molar-refractivity contribution is 0.111. The van der Waals surface area contributed by atoms with Crippen LogP contribution < -0.4 is 4.74 Å². The Morgan fingerprint density at radius 3 is 2.88 bits per heavy atom. The molecule has 1 aromatic carbocycles. The zero-order chi connectivity index (χ0) is 12.1. The molecule has 0 atom stereocenters. The van der Waals surface area contributed by atoms with E-state index in [1.54, 1.807) is 18.5 Å². The fourth-order valence-electron chi connectivity index (χ4n) is 1.41. The highest BCUT2D eigenvalue weighted by atomic mass is 19.1. The Labute approximate surface area is 97.9 Å². The average Bonchev–Trinajstić information content (AvgIpc) is 2.38. The standard InChI is InChI=1S/C13H10FNO2/c14-12-5-1-4-11(8-16)13(12)17-9-10-3-2-6-15-7-10/h1-8H,9H2. The first-order valence-corrected chi connectivity index (χ1v) is 5.06. The van der Waals surface area contributed by atoms with E-state index in [9.17, 15) is 9.18 Å². The molecule has 1 heterocycles. The van der Waals surface area contributed by atoms with E-state index in [0.717, 1.165) is 5.56 Å². The molecule has 0 saturated carbocycles. The first-order chi connectivity index (χ1) is 8.31. The van der Waals surface area contributed by atoms with Crippen molar-refractivity contribution in [1.29, 1.82) is 0 Å². The number of ether oxygens (including phenoxy) is 1. The lowest BCUT2D eigenvalue weighted by Crippen LogP contribution is -2.00. The van der Waals surface area contributed by atoms with Gasteiger partial charge in [0.15, 0.2) is 17.9 Å². The van der Waals surface area contributed by atoms with Gasteiger partial charge in [-0.15, -0.1) is 0 Å². The lowest BCUT2D eigenvalue weighted by Gasteiger charge is -2.08. The van der Waals surface area contributed by atoms with Gasteiger partial charge in [0.1, 0.15) is 6.61 Å². The highest BCUT2D eigenvalue weighted by Gasteiger charge is 2.09. The van der Waals surface area contributed by atoms with E-state index in [-0.39, 0.29) is 17.9 Å². The number of benzene rings is 1. The first kappa shape index (κ1) is 11.3. The van der Waals surface area contributed by atoms with E-state index in [2.05, 4.69) is 4.98 Å². The molecule has 17 heavy (non-hydrogen) atoms. The van der Waals surface area contributed by atoms with Crippen LogP contribution in [0.1, 0.15) is 15.9 Å². The summed E-state index contributed by atoms with van der Waals surface area (Å²) in [7, 11) is 0. The van der Waals surface area contributed by atoms with Crippen molar-refractivity contribution in [2.24, 2.45) is 0 Å². The smallest absolute Gasteiger partial charge is 0.165 e. The third-order valence-electron chi connectivity index (χ3n) is 2.23. The second-order valence-corrected chi connectivity index (χ2v) is 3.43. The molecule has 0 spiro atoms. The molecule has 0 aliphatic heterocycles. The summed E-state index contributed by atoms with van der Waals surface area (Å²) in [5.41, 5.74) is 1.02. The molecule has 0 unspecified atom stereocenters. The summed E-state index contributed by atoms with van der Waals surface area (Å²) < 4.78 is 18.7. The minimum absolute atomic E-state index is 0.0219. The van der Waals surface area contributed by atoms with Gasteiger partial charge in [0.25, 0.3) is 0 Å². The monoisotopic (exact) mass is 231 g/mol. The molecule has 0 aliphatic carbocycles. The molecule has 0 bridgehead atoms. The van der Waals surface area contributed by atoms with Crippen LogP contribution in [0.2, 0.25) is 0 Å². The number of aldehydes is 1. The molecule has 0 aliphatic rings. The van der Waals surface area contributed by atoms with Gasteiger partial charge in [0.05, 0.1) is 5.56 Å². The van der Waals surface area contributed by atoms with Crippen LogP contribution in [0.15, 0.2) is 42.7 Å². The molecule has 0 saturated heterocycles. The average molecular weight is 231 g/mol. The van der Waals surface area contributed by atoms with Gasteiger partial charge in [-0.3, -0.25) is 9.78 Å². The van der Waals surface area contributed by atoms with E-state index in [0.29, 0.717) is 6.29 Å². The maximum absolute atomic E-state index is 13.4. The number of carbonyl (C=O) groups excluding carboxylic acids is 1. The van der Waals surface area contributed by atoms with Crippen LogP contribution in [0.25, 0.3) is 0 Å². The van der Waals surface area contributed by atoms with Crippen LogP contribution in [0.5, 0.6) is 5.75 Å². The number of hydrogen-bond acceptors (Lipinski definition) is 3. The summed E-state index contributed by atoms with van der Waals surface area (Å²) in [6.07, 6.45) is 3.84. The highest BCUT2D eigenvalue weighted by molar-refractivity contribution is 5.79. The van der Waals surface area contributed by atoms with Crippen molar-refractivity contribution in [2.45, 2.75) is 6.61 Å². The van der Waals surface area contributed by atoms with Crippen molar-refractivity contribution in [3.8, 4) is 5.75 Å². The van der Waals surface area contributed by atoms with Crippen molar-refractivity contribution in [3.05, 3.63) is 59.7 Å². The number of rotatable bonds is 4. The number of halogens is 1. The summed E-state index contributed by atoms with van der Waals surface area (Å²) in [6, 6.07) is 7.81. The molecular weight excluding hydrogens is 221 g/mol. The largest absolute Gasteiger partial charge is 0.485 e. The molecule has 86 valence electrons. The Morgan fingerprint density at radius 2 is 2.18 bits per heavy atom. The summed E-state index contributed by atoms with van der Waals surface area (Å²) in [6.45, 7) is 0.176. The number of hydrogen-bond donors (Lipinski definition) is 0. The summed E-state index contributed by atoms with van der Waals surface area (Å²) in [5, 5.41) is 0. The third kappa shape index (κ3) is 2.66. The Hall–Kier alpha value is -2.23. The number of carbonyl (C=O) groups is 1. The van der Waals surface area contributed by atoms with Crippen LogP contribution in [0.4, 0.5) is 4.39 Å². The van der Waals surface area contributed by atoms with Gasteiger partial charge in [-0.1, -0.05) is 12.1 Å². The van der Waals surface area contributed by atoms with Crippen LogP contribution >= 0.6 is 0 Å². The minimum Gasteiger partial charge on any atom is -0.485 e. The van der Waals surface area contributed by atoms with E-state index in [4.69, 9.17) is 4.74 Å². The van der Waals surface area contributed by atoms with Crippen molar-refractivity contribution in [2.75, 3.05) is 0 Å². The molecule has 0 fully saturated rings. The second kappa shape index (κ2) is 5.21. The predicted octanol–water partition coefficient (Wildman–Crippen LogP) is 2.61. The molecule has 3 nitrogen and oxygen atoms in total. The van der Waals surface area contributed by atoms with Crippen LogP contribution in [0, 0.1) is 5.82 Å². The molecule has 0 radical (unpaired) electrons. The summed E-state index contributed by atoms with van der Waals surface area (Å²) in [4.78, 5) is 14.7. The topological polar surface area (TPSA) is 39.2 Å². The van der Waals surface area contributed by atoms with Crippen molar-refractivity contribution in [3.63, 3.8) is 0 Å². The van der Waals surface area contributed by atoms with Crippen molar-refractivity contribution in [1.82, 2.24) is 4.98 Å². The van der Waals surface area contributed by atoms with Gasteiger partial charge in [-0.05, 0) is 18.2 Å². The molecule has 0 N–H and O–H groups in total. The number of aromatic nitrogens is 1. The van der Waals surface area contributed by atoms with E-state index < -0.39 is 5.82 Å². The molecule has 0 amide bonds. The first-order valence-electron chi connectivity index (χ1n) is 5.06. The highest BCUT2D eigenvalue weighted by Crippen LogP contribution is 2.22. The second-order valence-electron chi connectivity index (χ2n) is 3.43. The molecule has 2 aromatic rings. The fourth-order valence-corrected chi connectivity index (χ4v) is 1.41. The number of nitrogens with zero attached hydrogens (tertiary/aromatic N) is 1. The zero-order valence-corrected chi connectivity index (χ0v) is 8.97. The summed E-state index contributed by atoms with van der Waals surface area (Å²) >= 11 is 0. The van der Waals surface area contributed by atoms with E-state index in [1.165, 1.54) is 18.2 Å². The lowest BCUT2D eigenvalue weighted by atomic mass is 10.2. The van der Waals surface area contributed by atoms with Gasteiger partial charge >= 0.3 is 0 Å². The molecular formula is C13H10FNO2. The minimum atomic E-state index is -0.543. The van der Waals surface area contributed by atoms with Crippen molar-refractivity contribution >= 4 is 6.29 Å². The quantitative estimate of drug-likeness (QED) is 0.759. The van der Waals surface area contributed by atoms with E-state index >= 15 is 0 Å². The zero-order valence-electron chi connectivity index (χ0n) is 8.97. The van der Waals surface area contributed by atoms with Gasteiger partial charge in [0.2, 0.25) is 0 Å². The molecule has 2 rings (SSSR count).